The van der Waals surface area contributed by atoms with E-state index in [0.29, 0.717) is 13.2 Å². The first-order chi connectivity index (χ1) is 10.3. The van der Waals surface area contributed by atoms with Crippen LogP contribution in [-0.4, -0.2) is 20.3 Å². The highest BCUT2D eigenvalue weighted by molar-refractivity contribution is 6.31. The highest BCUT2D eigenvalue weighted by Crippen LogP contribution is 2.19. The summed E-state index contributed by atoms with van der Waals surface area (Å²) in [7, 11) is 1.67. The summed E-state index contributed by atoms with van der Waals surface area (Å²) < 4.78 is 10.7. The Labute approximate surface area is 130 Å². The second-order valence-corrected chi connectivity index (χ2v) is 5.05. The third kappa shape index (κ3) is 5.05. The number of hydrogen-bond acceptors (Lipinski definition) is 3. The van der Waals surface area contributed by atoms with Crippen LogP contribution < -0.4 is 10.1 Å². The Hall–Kier alpha value is -1.55. The molecular formula is C17H20ClNO2. The summed E-state index contributed by atoms with van der Waals surface area (Å²) >= 11 is 6.14. The summed E-state index contributed by atoms with van der Waals surface area (Å²) in [6.45, 7) is 2.60. The van der Waals surface area contributed by atoms with Crippen molar-refractivity contribution in [2.24, 2.45) is 0 Å². The molecule has 3 nitrogen and oxygen atoms in total. The lowest BCUT2D eigenvalue weighted by atomic mass is 10.2. The topological polar surface area (TPSA) is 30.5 Å². The minimum Gasteiger partial charge on any atom is -0.491 e. The van der Waals surface area contributed by atoms with Crippen LogP contribution in [0.2, 0.25) is 5.02 Å². The summed E-state index contributed by atoms with van der Waals surface area (Å²) in [5.41, 5.74) is 2.22. The van der Waals surface area contributed by atoms with Gasteiger partial charge in [0.1, 0.15) is 12.4 Å². The molecule has 0 unspecified atom stereocenters. The maximum Gasteiger partial charge on any atom is 0.123 e. The van der Waals surface area contributed by atoms with E-state index in [-0.39, 0.29) is 0 Å². The zero-order valence-corrected chi connectivity index (χ0v) is 12.9. The standard InChI is InChI=1S/C17H20ClNO2/c1-20-10-11-21-17-9-5-3-7-15(17)13-19-12-14-6-2-4-8-16(14)18/h2-9,19H,10-13H2,1H3. The molecule has 0 aliphatic rings. The molecule has 0 heterocycles. The molecule has 0 spiro atoms. The van der Waals surface area contributed by atoms with Crippen LogP contribution in [0.4, 0.5) is 0 Å². The van der Waals surface area contributed by atoms with Gasteiger partial charge in [0.05, 0.1) is 6.61 Å². The van der Waals surface area contributed by atoms with Gasteiger partial charge < -0.3 is 14.8 Å². The van der Waals surface area contributed by atoms with Crippen molar-refractivity contribution in [3.05, 3.63) is 64.7 Å². The summed E-state index contributed by atoms with van der Waals surface area (Å²) in [4.78, 5) is 0. The second-order valence-electron chi connectivity index (χ2n) is 4.64. The van der Waals surface area contributed by atoms with Gasteiger partial charge in [0.25, 0.3) is 0 Å². The zero-order valence-electron chi connectivity index (χ0n) is 12.1. The number of nitrogens with one attached hydrogen (secondary N) is 1. The third-order valence-electron chi connectivity index (χ3n) is 3.11. The van der Waals surface area contributed by atoms with Crippen molar-refractivity contribution in [2.45, 2.75) is 13.1 Å². The molecule has 21 heavy (non-hydrogen) atoms. The normalized spacial score (nSPS) is 10.6. The van der Waals surface area contributed by atoms with Crippen molar-refractivity contribution >= 4 is 11.6 Å². The second kappa shape index (κ2) is 8.67. The Morgan fingerprint density at radius 1 is 0.905 bits per heavy atom. The average Bonchev–Trinajstić information content (AvgIpc) is 2.51. The molecule has 1 N–H and O–H groups in total. The van der Waals surface area contributed by atoms with Crippen molar-refractivity contribution in [2.75, 3.05) is 20.3 Å². The largest absolute Gasteiger partial charge is 0.491 e. The smallest absolute Gasteiger partial charge is 0.123 e. The molecule has 0 saturated carbocycles. The van der Waals surface area contributed by atoms with Crippen LogP contribution in [0.5, 0.6) is 5.75 Å². The number of halogens is 1. The Morgan fingerprint density at radius 2 is 1.57 bits per heavy atom. The lowest BCUT2D eigenvalue weighted by molar-refractivity contribution is 0.145. The van der Waals surface area contributed by atoms with Crippen LogP contribution in [0.3, 0.4) is 0 Å². The quantitative estimate of drug-likeness (QED) is 0.755. The SMILES string of the molecule is COCCOc1ccccc1CNCc1ccccc1Cl. The van der Waals surface area contributed by atoms with Crippen molar-refractivity contribution in [3.63, 3.8) is 0 Å². The zero-order chi connectivity index (χ0) is 14.9. The molecule has 4 heteroatoms. The molecule has 112 valence electrons. The van der Waals surface area contributed by atoms with E-state index in [1.165, 1.54) is 0 Å². The Balaban J connectivity index is 1.89. The van der Waals surface area contributed by atoms with Gasteiger partial charge in [-0.3, -0.25) is 0 Å². The van der Waals surface area contributed by atoms with E-state index in [1.54, 1.807) is 7.11 Å². The number of ether oxygens (including phenoxy) is 2. The van der Waals surface area contributed by atoms with Crippen molar-refractivity contribution in [1.82, 2.24) is 5.32 Å². The number of hydrogen-bond donors (Lipinski definition) is 1. The van der Waals surface area contributed by atoms with E-state index in [2.05, 4.69) is 11.4 Å². The van der Waals surface area contributed by atoms with Crippen LogP contribution in [-0.2, 0) is 17.8 Å². The Kier molecular flexibility index (Phi) is 6.54. The highest BCUT2D eigenvalue weighted by Gasteiger charge is 2.03. The summed E-state index contributed by atoms with van der Waals surface area (Å²) in [6, 6.07) is 15.9. The maximum absolute atomic E-state index is 6.14. The maximum atomic E-state index is 6.14. The summed E-state index contributed by atoms with van der Waals surface area (Å²) in [5.74, 6) is 0.890. The Bertz CT molecular complexity index is 560. The van der Waals surface area contributed by atoms with Crippen molar-refractivity contribution in [3.8, 4) is 5.75 Å². The van der Waals surface area contributed by atoms with E-state index in [1.807, 2.05) is 42.5 Å². The first-order valence-corrected chi connectivity index (χ1v) is 7.33. The average molecular weight is 306 g/mol. The minimum absolute atomic E-state index is 0.554. The van der Waals surface area contributed by atoms with E-state index < -0.39 is 0 Å². The first-order valence-electron chi connectivity index (χ1n) is 6.95. The van der Waals surface area contributed by atoms with Crippen LogP contribution in [0.15, 0.2) is 48.5 Å². The first kappa shape index (κ1) is 15.8. The number of methoxy groups -OCH3 is 1. The molecule has 2 rings (SSSR count). The molecular weight excluding hydrogens is 286 g/mol. The Morgan fingerprint density at radius 3 is 2.33 bits per heavy atom. The summed E-state index contributed by atoms with van der Waals surface area (Å²) in [5, 5.41) is 4.18. The molecule has 0 aliphatic heterocycles. The van der Waals surface area contributed by atoms with Gasteiger partial charge in [-0.25, -0.2) is 0 Å². The van der Waals surface area contributed by atoms with Gasteiger partial charge in [-0.05, 0) is 17.7 Å². The fourth-order valence-corrected chi connectivity index (χ4v) is 2.20. The fraction of sp³-hybridized carbons (Fsp3) is 0.294. The number of benzene rings is 2. The van der Waals surface area contributed by atoms with Gasteiger partial charge in [0.2, 0.25) is 0 Å². The minimum atomic E-state index is 0.554. The van der Waals surface area contributed by atoms with Crippen LogP contribution in [0.1, 0.15) is 11.1 Å². The molecule has 0 atom stereocenters. The van der Waals surface area contributed by atoms with Gasteiger partial charge in [-0.15, -0.1) is 0 Å². The molecule has 0 aromatic heterocycles. The molecule has 0 saturated heterocycles. The van der Waals surface area contributed by atoms with Gasteiger partial charge in [0.15, 0.2) is 0 Å². The van der Waals surface area contributed by atoms with E-state index >= 15 is 0 Å². The van der Waals surface area contributed by atoms with Gasteiger partial charge in [0, 0.05) is 30.8 Å². The van der Waals surface area contributed by atoms with E-state index in [0.717, 1.165) is 35.0 Å². The number of para-hydroxylation sites is 1. The summed E-state index contributed by atoms with van der Waals surface area (Å²) in [6.07, 6.45) is 0. The van der Waals surface area contributed by atoms with Crippen LogP contribution in [0.25, 0.3) is 0 Å². The molecule has 0 aliphatic carbocycles. The lowest BCUT2D eigenvalue weighted by Gasteiger charge is -2.12. The van der Waals surface area contributed by atoms with Gasteiger partial charge >= 0.3 is 0 Å². The lowest BCUT2D eigenvalue weighted by Crippen LogP contribution is -2.14. The fourth-order valence-electron chi connectivity index (χ4n) is 2.00. The molecule has 0 fully saturated rings. The van der Waals surface area contributed by atoms with E-state index in [9.17, 15) is 0 Å². The number of rotatable bonds is 8. The van der Waals surface area contributed by atoms with Gasteiger partial charge in [-0.2, -0.15) is 0 Å². The third-order valence-corrected chi connectivity index (χ3v) is 3.48. The van der Waals surface area contributed by atoms with Crippen molar-refractivity contribution in [1.29, 1.82) is 0 Å². The molecule has 0 amide bonds. The predicted molar refractivity (Wildman–Crippen MR) is 85.8 cm³/mol. The van der Waals surface area contributed by atoms with E-state index in [4.69, 9.17) is 21.1 Å². The monoisotopic (exact) mass is 305 g/mol. The molecule has 0 bridgehead atoms. The van der Waals surface area contributed by atoms with Crippen LogP contribution in [0, 0.1) is 0 Å². The molecule has 2 aromatic carbocycles. The highest BCUT2D eigenvalue weighted by atomic mass is 35.5. The molecule has 2 aromatic rings. The van der Waals surface area contributed by atoms with Gasteiger partial charge in [-0.1, -0.05) is 48.0 Å². The van der Waals surface area contributed by atoms with Crippen molar-refractivity contribution < 1.29 is 9.47 Å². The predicted octanol–water partition coefficient (Wildman–Crippen LogP) is 3.66. The molecule has 0 radical (unpaired) electrons. The van der Waals surface area contributed by atoms with Crippen LogP contribution >= 0.6 is 11.6 Å².